The van der Waals surface area contributed by atoms with E-state index in [4.69, 9.17) is 5.26 Å². The minimum Gasteiger partial charge on any atom is -0.331 e. The number of nitriles is 1. The van der Waals surface area contributed by atoms with Gasteiger partial charge in [-0.15, -0.1) is 0 Å². The van der Waals surface area contributed by atoms with Crippen LogP contribution in [0, 0.1) is 11.3 Å². The van der Waals surface area contributed by atoms with Gasteiger partial charge in [0.1, 0.15) is 6.04 Å². The van der Waals surface area contributed by atoms with Crippen molar-refractivity contribution in [3.05, 3.63) is 0 Å². The maximum Gasteiger partial charge on any atom is 0.320 e. The van der Waals surface area contributed by atoms with Crippen LogP contribution in [0.5, 0.6) is 0 Å². The van der Waals surface area contributed by atoms with Crippen molar-refractivity contribution < 1.29 is 4.79 Å². The van der Waals surface area contributed by atoms with E-state index < -0.39 is 0 Å². The van der Waals surface area contributed by atoms with Crippen LogP contribution in [-0.2, 0) is 0 Å². The van der Waals surface area contributed by atoms with Gasteiger partial charge in [-0.3, -0.25) is 0 Å². The summed E-state index contributed by atoms with van der Waals surface area (Å²) in [6, 6.07) is 1.90. The molecule has 0 radical (unpaired) electrons. The monoisotopic (exact) mass is 181 g/mol. The zero-order valence-electron chi connectivity index (χ0n) is 8.16. The Bertz CT molecular complexity index is 232. The van der Waals surface area contributed by atoms with Gasteiger partial charge in [-0.2, -0.15) is 5.26 Å². The lowest BCUT2D eigenvalue weighted by molar-refractivity contribution is 0.145. The second-order valence-electron chi connectivity index (χ2n) is 3.51. The van der Waals surface area contributed by atoms with Gasteiger partial charge in [0, 0.05) is 20.6 Å². The number of carbonyl (C=O) groups is 1. The molecule has 1 rings (SSSR count). The van der Waals surface area contributed by atoms with E-state index in [1.807, 2.05) is 0 Å². The fourth-order valence-corrected chi connectivity index (χ4v) is 1.55. The highest BCUT2D eigenvalue weighted by Gasteiger charge is 2.27. The van der Waals surface area contributed by atoms with Gasteiger partial charge in [-0.25, -0.2) is 4.79 Å². The lowest BCUT2D eigenvalue weighted by atomic mass is 10.0. The molecule has 1 aliphatic heterocycles. The lowest BCUT2D eigenvalue weighted by Crippen LogP contribution is -2.47. The highest BCUT2D eigenvalue weighted by Crippen LogP contribution is 2.17. The molecule has 0 saturated carbocycles. The van der Waals surface area contributed by atoms with Gasteiger partial charge in [0.15, 0.2) is 0 Å². The minimum atomic E-state index is -0.219. The molecule has 0 bridgehead atoms. The van der Waals surface area contributed by atoms with E-state index in [1.165, 1.54) is 4.90 Å². The smallest absolute Gasteiger partial charge is 0.320 e. The Morgan fingerprint density at radius 3 is 2.77 bits per heavy atom. The number of rotatable bonds is 0. The zero-order chi connectivity index (χ0) is 9.84. The molecule has 1 fully saturated rings. The Hall–Kier alpha value is -1.24. The van der Waals surface area contributed by atoms with E-state index in [0.717, 1.165) is 25.8 Å². The maximum atomic E-state index is 11.6. The van der Waals surface area contributed by atoms with Gasteiger partial charge in [0.2, 0.25) is 0 Å². The Morgan fingerprint density at radius 2 is 2.23 bits per heavy atom. The summed E-state index contributed by atoms with van der Waals surface area (Å²) in [5.41, 5.74) is 0. The molecule has 0 spiro atoms. The number of hydrogen-bond donors (Lipinski definition) is 0. The van der Waals surface area contributed by atoms with Crippen molar-refractivity contribution in [2.75, 3.05) is 20.6 Å². The Balaban J connectivity index is 2.65. The third-order valence-electron chi connectivity index (χ3n) is 2.28. The molecule has 0 N–H and O–H groups in total. The summed E-state index contributed by atoms with van der Waals surface area (Å²) in [4.78, 5) is 14.7. The summed E-state index contributed by atoms with van der Waals surface area (Å²) in [5.74, 6) is 0. The van der Waals surface area contributed by atoms with Crippen LogP contribution in [0.4, 0.5) is 4.79 Å². The standard InChI is InChI=1S/C9H15N3O/c1-11(2)9(13)12-6-4-3-5-8(12)7-10/h8H,3-6H2,1-2H3. The van der Waals surface area contributed by atoms with Crippen LogP contribution in [0.15, 0.2) is 0 Å². The molecule has 2 amide bonds. The van der Waals surface area contributed by atoms with Crippen LogP contribution in [0.1, 0.15) is 19.3 Å². The molecule has 13 heavy (non-hydrogen) atoms. The number of likely N-dealkylation sites (tertiary alicyclic amines) is 1. The largest absolute Gasteiger partial charge is 0.331 e. The molecule has 1 saturated heterocycles. The van der Waals surface area contributed by atoms with E-state index in [9.17, 15) is 4.79 Å². The molecule has 1 unspecified atom stereocenters. The van der Waals surface area contributed by atoms with Crippen molar-refractivity contribution in [3.63, 3.8) is 0 Å². The average Bonchev–Trinajstić information content (AvgIpc) is 2.16. The SMILES string of the molecule is CN(C)C(=O)N1CCCCC1C#N. The molecule has 1 aliphatic rings. The average molecular weight is 181 g/mol. The van der Waals surface area contributed by atoms with Crippen LogP contribution in [0.2, 0.25) is 0 Å². The summed E-state index contributed by atoms with van der Waals surface area (Å²) in [6.07, 6.45) is 2.88. The van der Waals surface area contributed by atoms with E-state index >= 15 is 0 Å². The fourth-order valence-electron chi connectivity index (χ4n) is 1.55. The summed E-state index contributed by atoms with van der Waals surface area (Å²) < 4.78 is 0. The van der Waals surface area contributed by atoms with Crippen molar-refractivity contribution in [2.24, 2.45) is 0 Å². The van der Waals surface area contributed by atoms with Gasteiger partial charge in [0.05, 0.1) is 6.07 Å². The Labute approximate surface area is 78.7 Å². The van der Waals surface area contributed by atoms with Crippen LogP contribution in [0.3, 0.4) is 0 Å². The third kappa shape index (κ3) is 2.11. The highest BCUT2D eigenvalue weighted by molar-refractivity contribution is 5.74. The second-order valence-corrected chi connectivity index (χ2v) is 3.51. The number of nitrogens with zero attached hydrogens (tertiary/aromatic N) is 3. The topological polar surface area (TPSA) is 47.3 Å². The van der Waals surface area contributed by atoms with Gasteiger partial charge < -0.3 is 9.80 Å². The molecule has 1 atom stereocenters. The Morgan fingerprint density at radius 1 is 1.54 bits per heavy atom. The summed E-state index contributed by atoms with van der Waals surface area (Å²) in [6.45, 7) is 0.718. The van der Waals surface area contributed by atoms with Gasteiger partial charge in [-0.05, 0) is 19.3 Å². The highest BCUT2D eigenvalue weighted by atomic mass is 16.2. The number of hydrogen-bond acceptors (Lipinski definition) is 2. The molecule has 72 valence electrons. The molecular formula is C9H15N3O. The normalized spacial score (nSPS) is 22.2. The molecule has 0 aromatic carbocycles. The second kappa shape index (κ2) is 4.13. The Kier molecular flexibility index (Phi) is 3.13. The van der Waals surface area contributed by atoms with E-state index in [1.54, 1.807) is 19.0 Å². The van der Waals surface area contributed by atoms with Crippen molar-refractivity contribution in [1.29, 1.82) is 5.26 Å². The third-order valence-corrected chi connectivity index (χ3v) is 2.28. The molecule has 4 nitrogen and oxygen atoms in total. The number of piperidine rings is 1. The van der Waals surface area contributed by atoms with Crippen LogP contribution >= 0.6 is 0 Å². The number of carbonyl (C=O) groups excluding carboxylic acids is 1. The van der Waals surface area contributed by atoms with Crippen molar-refractivity contribution >= 4 is 6.03 Å². The van der Waals surface area contributed by atoms with Crippen molar-refractivity contribution in [3.8, 4) is 6.07 Å². The number of urea groups is 1. The van der Waals surface area contributed by atoms with E-state index in [0.29, 0.717) is 0 Å². The van der Waals surface area contributed by atoms with Crippen LogP contribution < -0.4 is 0 Å². The zero-order valence-corrected chi connectivity index (χ0v) is 8.16. The first kappa shape index (κ1) is 9.85. The summed E-state index contributed by atoms with van der Waals surface area (Å²) >= 11 is 0. The molecule has 0 aliphatic carbocycles. The summed E-state index contributed by atoms with van der Waals surface area (Å²) in [5, 5.41) is 8.83. The lowest BCUT2D eigenvalue weighted by Gasteiger charge is -2.33. The minimum absolute atomic E-state index is 0.0498. The first-order chi connectivity index (χ1) is 6.16. The van der Waals surface area contributed by atoms with Gasteiger partial charge >= 0.3 is 6.03 Å². The predicted molar refractivity (Wildman–Crippen MR) is 49.0 cm³/mol. The molecule has 0 aromatic rings. The van der Waals surface area contributed by atoms with Crippen LogP contribution in [0.25, 0.3) is 0 Å². The molecule has 1 heterocycles. The van der Waals surface area contributed by atoms with Crippen molar-refractivity contribution in [2.45, 2.75) is 25.3 Å². The van der Waals surface area contributed by atoms with Gasteiger partial charge in [-0.1, -0.05) is 0 Å². The first-order valence-electron chi connectivity index (χ1n) is 4.54. The summed E-state index contributed by atoms with van der Waals surface area (Å²) in [7, 11) is 3.43. The first-order valence-corrected chi connectivity index (χ1v) is 4.54. The maximum absolute atomic E-state index is 11.6. The predicted octanol–water partition coefficient (Wildman–Crippen LogP) is 1.05. The number of amides is 2. The van der Waals surface area contributed by atoms with E-state index in [2.05, 4.69) is 6.07 Å². The van der Waals surface area contributed by atoms with Gasteiger partial charge in [0.25, 0.3) is 0 Å². The fraction of sp³-hybridized carbons (Fsp3) is 0.778. The molecular weight excluding hydrogens is 166 g/mol. The van der Waals surface area contributed by atoms with Crippen molar-refractivity contribution in [1.82, 2.24) is 9.80 Å². The molecule has 4 heteroatoms. The van der Waals surface area contributed by atoms with Crippen LogP contribution in [-0.4, -0.2) is 42.5 Å². The molecule has 0 aromatic heterocycles. The quantitative estimate of drug-likeness (QED) is 0.560. The van der Waals surface area contributed by atoms with E-state index in [-0.39, 0.29) is 12.1 Å².